The maximum Gasteiger partial charge on any atom is 0.195 e. The molecular weight excluding hydrogens is 238 g/mol. The van der Waals surface area contributed by atoms with Gasteiger partial charge in [0.2, 0.25) is 0 Å². The summed E-state index contributed by atoms with van der Waals surface area (Å²) in [6.45, 7) is 0. The molecule has 2 aromatic carbocycles. The number of carbonyl (C=O) groups is 1. The summed E-state index contributed by atoms with van der Waals surface area (Å²) in [7, 11) is 0. The van der Waals surface area contributed by atoms with Crippen molar-refractivity contribution in [2.24, 2.45) is 0 Å². The normalized spacial score (nSPS) is 14.1. The van der Waals surface area contributed by atoms with Gasteiger partial charge in [-0.1, -0.05) is 12.1 Å². The number of rotatable bonds is 4. The Morgan fingerprint density at radius 1 is 1.05 bits per heavy atom. The molecule has 0 heterocycles. The summed E-state index contributed by atoms with van der Waals surface area (Å²) in [4.78, 5) is 12.3. The minimum atomic E-state index is -0.0592. The van der Waals surface area contributed by atoms with Crippen molar-refractivity contribution < 1.29 is 9.53 Å². The Morgan fingerprint density at radius 3 is 2.37 bits per heavy atom. The molecule has 1 saturated carbocycles. The highest BCUT2D eigenvalue weighted by molar-refractivity contribution is 6.12. The van der Waals surface area contributed by atoms with E-state index in [2.05, 4.69) is 0 Å². The van der Waals surface area contributed by atoms with Crippen LogP contribution < -0.4 is 10.5 Å². The predicted octanol–water partition coefficient (Wildman–Crippen LogP) is 3.04. The highest BCUT2D eigenvalue weighted by Gasteiger charge is 2.23. The van der Waals surface area contributed by atoms with Crippen LogP contribution in [0, 0.1) is 0 Å². The molecule has 0 radical (unpaired) electrons. The van der Waals surface area contributed by atoms with Crippen molar-refractivity contribution in [1.82, 2.24) is 0 Å². The molecule has 3 rings (SSSR count). The Morgan fingerprint density at radius 2 is 1.74 bits per heavy atom. The number of nitrogens with two attached hydrogens (primary N) is 1. The van der Waals surface area contributed by atoms with E-state index in [9.17, 15) is 4.79 Å². The summed E-state index contributed by atoms with van der Waals surface area (Å²) in [5.74, 6) is 0.760. The molecule has 2 aromatic rings. The SMILES string of the molecule is Nc1ccccc1C(=O)c1ccc(OC2CC2)cc1. The molecule has 1 aliphatic rings. The molecule has 0 bridgehead atoms. The van der Waals surface area contributed by atoms with E-state index in [0.29, 0.717) is 22.9 Å². The molecule has 3 heteroatoms. The van der Waals surface area contributed by atoms with Crippen LogP contribution in [0.5, 0.6) is 5.75 Å². The average molecular weight is 253 g/mol. The van der Waals surface area contributed by atoms with Gasteiger partial charge in [0.1, 0.15) is 5.75 Å². The molecule has 96 valence electrons. The number of hydrogen-bond acceptors (Lipinski definition) is 3. The average Bonchev–Trinajstić information content (AvgIpc) is 3.23. The number of benzene rings is 2. The van der Waals surface area contributed by atoms with Gasteiger partial charge in [-0.25, -0.2) is 0 Å². The summed E-state index contributed by atoms with van der Waals surface area (Å²) in [6, 6.07) is 14.4. The molecule has 0 atom stereocenters. The van der Waals surface area contributed by atoms with Crippen LogP contribution in [0.15, 0.2) is 48.5 Å². The van der Waals surface area contributed by atoms with E-state index in [-0.39, 0.29) is 5.78 Å². The molecule has 19 heavy (non-hydrogen) atoms. The van der Waals surface area contributed by atoms with Gasteiger partial charge in [0.05, 0.1) is 6.10 Å². The molecule has 3 nitrogen and oxygen atoms in total. The lowest BCUT2D eigenvalue weighted by Crippen LogP contribution is -2.05. The number of hydrogen-bond donors (Lipinski definition) is 1. The van der Waals surface area contributed by atoms with Gasteiger partial charge in [-0.15, -0.1) is 0 Å². The molecule has 0 aliphatic heterocycles. The minimum Gasteiger partial charge on any atom is -0.490 e. The summed E-state index contributed by atoms with van der Waals surface area (Å²) in [5.41, 5.74) is 7.49. The van der Waals surface area contributed by atoms with E-state index in [1.165, 1.54) is 0 Å². The maximum atomic E-state index is 12.3. The molecule has 2 N–H and O–H groups in total. The Bertz CT molecular complexity index is 600. The van der Waals surface area contributed by atoms with Crippen LogP contribution in [0.2, 0.25) is 0 Å². The highest BCUT2D eigenvalue weighted by atomic mass is 16.5. The van der Waals surface area contributed by atoms with Gasteiger partial charge in [0.15, 0.2) is 5.78 Å². The third-order valence-corrected chi connectivity index (χ3v) is 3.15. The van der Waals surface area contributed by atoms with Gasteiger partial charge in [-0.3, -0.25) is 4.79 Å². The Kier molecular flexibility index (Phi) is 2.95. The number of ether oxygens (including phenoxy) is 1. The van der Waals surface area contributed by atoms with Crippen LogP contribution in [0.25, 0.3) is 0 Å². The molecule has 0 spiro atoms. The van der Waals surface area contributed by atoms with Crippen molar-refractivity contribution in [1.29, 1.82) is 0 Å². The van der Waals surface area contributed by atoms with E-state index in [1.807, 2.05) is 24.3 Å². The second kappa shape index (κ2) is 4.76. The fourth-order valence-electron chi connectivity index (χ4n) is 1.92. The summed E-state index contributed by atoms with van der Waals surface area (Å²) < 4.78 is 5.65. The van der Waals surface area contributed by atoms with Crippen molar-refractivity contribution in [3.63, 3.8) is 0 Å². The number of carbonyl (C=O) groups excluding carboxylic acids is 1. The first kappa shape index (κ1) is 11.8. The Hall–Kier alpha value is -2.29. The second-order valence-corrected chi connectivity index (χ2v) is 4.76. The molecular formula is C16H15NO2. The fraction of sp³-hybridized carbons (Fsp3) is 0.188. The lowest BCUT2D eigenvalue weighted by atomic mass is 10.0. The van der Waals surface area contributed by atoms with Gasteiger partial charge in [0.25, 0.3) is 0 Å². The number of nitrogen functional groups attached to an aromatic ring is 1. The Labute approximate surface area is 112 Å². The van der Waals surface area contributed by atoms with Gasteiger partial charge in [-0.05, 0) is 49.2 Å². The van der Waals surface area contributed by atoms with E-state index < -0.39 is 0 Å². The van der Waals surface area contributed by atoms with Crippen LogP contribution in [0.1, 0.15) is 28.8 Å². The van der Waals surface area contributed by atoms with Crippen molar-refractivity contribution in [2.45, 2.75) is 18.9 Å². The molecule has 1 aliphatic carbocycles. The third-order valence-electron chi connectivity index (χ3n) is 3.15. The first-order chi connectivity index (χ1) is 9.24. The minimum absolute atomic E-state index is 0.0592. The zero-order chi connectivity index (χ0) is 13.2. The van der Waals surface area contributed by atoms with E-state index in [0.717, 1.165) is 18.6 Å². The molecule has 0 aromatic heterocycles. The van der Waals surface area contributed by atoms with Gasteiger partial charge in [0, 0.05) is 16.8 Å². The molecule has 1 fully saturated rings. The first-order valence-corrected chi connectivity index (χ1v) is 6.40. The van der Waals surface area contributed by atoms with Crippen molar-refractivity contribution in [2.75, 3.05) is 5.73 Å². The lowest BCUT2D eigenvalue weighted by Gasteiger charge is -2.07. The standard InChI is InChI=1S/C16H15NO2/c17-15-4-2-1-3-14(15)16(18)11-5-7-12(8-6-11)19-13-9-10-13/h1-8,13H,9-10,17H2. The Balaban J connectivity index is 1.81. The lowest BCUT2D eigenvalue weighted by molar-refractivity contribution is 0.103. The number of ketones is 1. The summed E-state index contributed by atoms with van der Waals surface area (Å²) in [6.07, 6.45) is 2.62. The zero-order valence-corrected chi connectivity index (χ0v) is 10.5. The van der Waals surface area contributed by atoms with Crippen molar-refractivity contribution in [3.05, 3.63) is 59.7 Å². The second-order valence-electron chi connectivity index (χ2n) is 4.76. The molecule has 0 amide bonds. The first-order valence-electron chi connectivity index (χ1n) is 6.40. The van der Waals surface area contributed by atoms with E-state index in [1.54, 1.807) is 24.3 Å². The number of anilines is 1. The van der Waals surface area contributed by atoms with Crippen LogP contribution >= 0.6 is 0 Å². The summed E-state index contributed by atoms with van der Waals surface area (Å²) in [5, 5.41) is 0. The van der Waals surface area contributed by atoms with Gasteiger partial charge < -0.3 is 10.5 Å². The predicted molar refractivity (Wildman–Crippen MR) is 74.4 cm³/mol. The van der Waals surface area contributed by atoms with Crippen molar-refractivity contribution in [3.8, 4) is 5.75 Å². The van der Waals surface area contributed by atoms with Crippen LogP contribution in [0.4, 0.5) is 5.69 Å². The highest BCUT2D eigenvalue weighted by Crippen LogP contribution is 2.27. The van der Waals surface area contributed by atoms with Gasteiger partial charge >= 0.3 is 0 Å². The smallest absolute Gasteiger partial charge is 0.195 e. The van der Waals surface area contributed by atoms with Gasteiger partial charge in [-0.2, -0.15) is 0 Å². The number of para-hydroxylation sites is 1. The molecule has 0 unspecified atom stereocenters. The topological polar surface area (TPSA) is 52.3 Å². The van der Waals surface area contributed by atoms with Crippen molar-refractivity contribution >= 4 is 11.5 Å². The monoisotopic (exact) mass is 253 g/mol. The van der Waals surface area contributed by atoms with Crippen LogP contribution in [-0.4, -0.2) is 11.9 Å². The third kappa shape index (κ3) is 2.60. The van der Waals surface area contributed by atoms with E-state index >= 15 is 0 Å². The van der Waals surface area contributed by atoms with E-state index in [4.69, 9.17) is 10.5 Å². The zero-order valence-electron chi connectivity index (χ0n) is 10.5. The van der Waals surface area contributed by atoms with Crippen LogP contribution in [-0.2, 0) is 0 Å². The summed E-state index contributed by atoms with van der Waals surface area (Å²) >= 11 is 0. The molecule has 0 saturated heterocycles. The van der Waals surface area contributed by atoms with Crippen LogP contribution in [0.3, 0.4) is 0 Å². The fourth-order valence-corrected chi connectivity index (χ4v) is 1.92. The quantitative estimate of drug-likeness (QED) is 0.673. The maximum absolute atomic E-state index is 12.3. The largest absolute Gasteiger partial charge is 0.490 e.